The molecule has 0 aliphatic heterocycles. The fraction of sp³-hybridized carbons (Fsp3) is 0.500. The Morgan fingerprint density at radius 1 is 1.54 bits per heavy atom. The van der Waals surface area contributed by atoms with Crippen LogP contribution in [0, 0.1) is 6.92 Å². The summed E-state index contributed by atoms with van der Waals surface area (Å²) in [6.07, 6.45) is 1.71. The molecule has 0 amide bonds. The molecule has 0 aliphatic carbocycles. The number of aryl methyl sites for hydroxylation is 1. The molecule has 0 aliphatic rings. The van der Waals surface area contributed by atoms with Gasteiger partial charge in [0.2, 0.25) is 0 Å². The SMILES string of the molecule is Cc1cc(C(C)(C)CO)cnc1Cl. The van der Waals surface area contributed by atoms with E-state index in [1.54, 1.807) is 6.20 Å². The van der Waals surface area contributed by atoms with Crippen LogP contribution in [0.1, 0.15) is 25.0 Å². The maximum absolute atomic E-state index is 9.15. The van der Waals surface area contributed by atoms with Gasteiger partial charge in [0.05, 0.1) is 6.61 Å². The number of aromatic nitrogens is 1. The Morgan fingerprint density at radius 2 is 2.15 bits per heavy atom. The zero-order valence-electron chi connectivity index (χ0n) is 8.13. The molecule has 1 N–H and O–H groups in total. The highest BCUT2D eigenvalue weighted by Crippen LogP contribution is 2.24. The fourth-order valence-corrected chi connectivity index (χ4v) is 1.12. The average molecular weight is 200 g/mol. The van der Waals surface area contributed by atoms with Gasteiger partial charge in [-0.05, 0) is 18.1 Å². The van der Waals surface area contributed by atoms with Crippen molar-refractivity contribution in [3.05, 3.63) is 28.5 Å². The lowest BCUT2D eigenvalue weighted by Crippen LogP contribution is -2.22. The van der Waals surface area contributed by atoms with Gasteiger partial charge in [0.1, 0.15) is 5.15 Å². The lowest BCUT2D eigenvalue weighted by molar-refractivity contribution is 0.218. The summed E-state index contributed by atoms with van der Waals surface area (Å²) in [5.41, 5.74) is 1.71. The molecule has 3 heteroatoms. The molecule has 1 aromatic rings. The lowest BCUT2D eigenvalue weighted by atomic mass is 9.86. The van der Waals surface area contributed by atoms with Crippen LogP contribution in [0.5, 0.6) is 0 Å². The average Bonchev–Trinajstić information content (AvgIpc) is 2.09. The Balaban J connectivity index is 3.10. The monoisotopic (exact) mass is 199 g/mol. The smallest absolute Gasteiger partial charge is 0.131 e. The minimum atomic E-state index is -0.248. The molecule has 1 heterocycles. The predicted octanol–water partition coefficient (Wildman–Crippen LogP) is 2.31. The van der Waals surface area contributed by atoms with E-state index in [1.807, 2.05) is 26.8 Å². The number of aliphatic hydroxyl groups excluding tert-OH is 1. The van der Waals surface area contributed by atoms with Gasteiger partial charge in [0.15, 0.2) is 0 Å². The largest absolute Gasteiger partial charge is 0.395 e. The molecule has 0 unspecified atom stereocenters. The molecule has 72 valence electrons. The summed E-state index contributed by atoms with van der Waals surface area (Å²) < 4.78 is 0. The highest BCUT2D eigenvalue weighted by atomic mass is 35.5. The molecular formula is C10H14ClNO. The van der Waals surface area contributed by atoms with Crippen molar-refractivity contribution in [2.45, 2.75) is 26.2 Å². The maximum atomic E-state index is 9.15. The van der Waals surface area contributed by atoms with Crippen molar-refractivity contribution in [2.24, 2.45) is 0 Å². The van der Waals surface area contributed by atoms with Crippen LogP contribution >= 0.6 is 11.6 Å². The number of halogens is 1. The quantitative estimate of drug-likeness (QED) is 0.742. The Labute approximate surface area is 83.6 Å². The first kappa shape index (κ1) is 10.5. The third kappa shape index (κ3) is 2.20. The number of hydrogen-bond acceptors (Lipinski definition) is 2. The van der Waals surface area contributed by atoms with E-state index in [-0.39, 0.29) is 12.0 Å². The Morgan fingerprint density at radius 3 is 2.62 bits per heavy atom. The van der Waals surface area contributed by atoms with E-state index in [2.05, 4.69) is 4.98 Å². The molecule has 0 saturated heterocycles. The number of aliphatic hydroxyl groups is 1. The van der Waals surface area contributed by atoms with E-state index >= 15 is 0 Å². The molecule has 0 radical (unpaired) electrons. The second-order valence-corrected chi connectivity index (χ2v) is 4.23. The minimum Gasteiger partial charge on any atom is -0.395 e. The number of pyridine rings is 1. The summed E-state index contributed by atoms with van der Waals surface area (Å²) in [5.74, 6) is 0. The topological polar surface area (TPSA) is 33.1 Å². The number of rotatable bonds is 2. The van der Waals surface area contributed by atoms with E-state index in [4.69, 9.17) is 16.7 Å². The van der Waals surface area contributed by atoms with Gasteiger partial charge in [-0.25, -0.2) is 4.98 Å². The van der Waals surface area contributed by atoms with Crippen molar-refractivity contribution in [2.75, 3.05) is 6.61 Å². The number of nitrogens with zero attached hydrogens (tertiary/aromatic N) is 1. The highest BCUT2D eigenvalue weighted by molar-refractivity contribution is 6.30. The Kier molecular flexibility index (Phi) is 2.94. The first-order valence-corrected chi connectivity index (χ1v) is 4.58. The summed E-state index contributed by atoms with van der Waals surface area (Å²) >= 11 is 5.80. The maximum Gasteiger partial charge on any atom is 0.131 e. The van der Waals surface area contributed by atoms with Crippen LogP contribution in [0.25, 0.3) is 0 Å². The summed E-state index contributed by atoms with van der Waals surface area (Å²) in [5, 5.41) is 9.67. The third-order valence-corrected chi connectivity index (χ3v) is 2.59. The van der Waals surface area contributed by atoms with Gasteiger partial charge in [-0.1, -0.05) is 31.5 Å². The minimum absolute atomic E-state index is 0.107. The first-order chi connectivity index (χ1) is 5.97. The molecule has 13 heavy (non-hydrogen) atoms. The van der Waals surface area contributed by atoms with Crippen LogP contribution in [-0.2, 0) is 5.41 Å². The van der Waals surface area contributed by atoms with Gasteiger partial charge in [0.25, 0.3) is 0 Å². The van der Waals surface area contributed by atoms with Crippen molar-refractivity contribution in [3.63, 3.8) is 0 Å². The Hall–Kier alpha value is -0.600. The molecule has 1 aromatic heterocycles. The van der Waals surface area contributed by atoms with Crippen molar-refractivity contribution >= 4 is 11.6 Å². The van der Waals surface area contributed by atoms with Gasteiger partial charge in [-0.3, -0.25) is 0 Å². The standard InChI is InChI=1S/C10H14ClNO/c1-7-4-8(5-12-9(7)11)10(2,3)6-13/h4-5,13H,6H2,1-3H3. The van der Waals surface area contributed by atoms with Crippen LogP contribution < -0.4 is 0 Å². The van der Waals surface area contributed by atoms with E-state index in [9.17, 15) is 0 Å². The van der Waals surface area contributed by atoms with Crippen LogP contribution in [0.4, 0.5) is 0 Å². The van der Waals surface area contributed by atoms with Crippen LogP contribution in [0.2, 0.25) is 5.15 Å². The van der Waals surface area contributed by atoms with Gasteiger partial charge < -0.3 is 5.11 Å². The molecule has 0 aromatic carbocycles. The van der Waals surface area contributed by atoms with Crippen LogP contribution in [0.15, 0.2) is 12.3 Å². The summed E-state index contributed by atoms with van der Waals surface area (Å²) in [6, 6.07) is 1.96. The molecule has 0 spiro atoms. The molecule has 1 rings (SSSR count). The summed E-state index contributed by atoms with van der Waals surface area (Å²) in [4.78, 5) is 4.05. The summed E-state index contributed by atoms with van der Waals surface area (Å²) in [6.45, 7) is 5.96. The van der Waals surface area contributed by atoms with Crippen molar-refractivity contribution in [1.29, 1.82) is 0 Å². The van der Waals surface area contributed by atoms with Gasteiger partial charge in [-0.15, -0.1) is 0 Å². The van der Waals surface area contributed by atoms with E-state index in [0.717, 1.165) is 11.1 Å². The second-order valence-electron chi connectivity index (χ2n) is 3.87. The molecular weight excluding hydrogens is 186 g/mol. The predicted molar refractivity (Wildman–Crippen MR) is 54.1 cm³/mol. The van der Waals surface area contributed by atoms with Crippen molar-refractivity contribution < 1.29 is 5.11 Å². The zero-order valence-corrected chi connectivity index (χ0v) is 8.89. The van der Waals surface area contributed by atoms with Crippen molar-refractivity contribution in [1.82, 2.24) is 4.98 Å². The fourth-order valence-electron chi connectivity index (χ4n) is 1.02. The van der Waals surface area contributed by atoms with Gasteiger partial charge in [0, 0.05) is 11.6 Å². The van der Waals surface area contributed by atoms with Gasteiger partial charge >= 0.3 is 0 Å². The molecule has 0 bridgehead atoms. The molecule has 2 nitrogen and oxygen atoms in total. The Bertz CT molecular complexity index is 310. The van der Waals surface area contributed by atoms with E-state index in [0.29, 0.717) is 5.15 Å². The van der Waals surface area contributed by atoms with Crippen molar-refractivity contribution in [3.8, 4) is 0 Å². The second kappa shape index (κ2) is 3.64. The van der Waals surface area contributed by atoms with E-state index < -0.39 is 0 Å². The van der Waals surface area contributed by atoms with Crippen LogP contribution in [-0.4, -0.2) is 16.7 Å². The van der Waals surface area contributed by atoms with E-state index in [1.165, 1.54) is 0 Å². The first-order valence-electron chi connectivity index (χ1n) is 4.21. The zero-order chi connectivity index (χ0) is 10.1. The normalized spacial score (nSPS) is 11.8. The molecule has 0 saturated carbocycles. The number of hydrogen-bond donors (Lipinski definition) is 1. The van der Waals surface area contributed by atoms with Gasteiger partial charge in [-0.2, -0.15) is 0 Å². The lowest BCUT2D eigenvalue weighted by Gasteiger charge is -2.22. The van der Waals surface area contributed by atoms with Crippen LogP contribution in [0.3, 0.4) is 0 Å². The molecule has 0 atom stereocenters. The highest BCUT2D eigenvalue weighted by Gasteiger charge is 2.20. The summed E-state index contributed by atoms with van der Waals surface area (Å²) in [7, 11) is 0. The molecule has 0 fully saturated rings. The third-order valence-electron chi connectivity index (χ3n) is 2.19.